The molecule has 5 heteroatoms. The summed E-state index contributed by atoms with van der Waals surface area (Å²) in [5.74, 6) is -0.0238. The molecule has 1 aliphatic rings. The maximum atomic E-state index is 13.0. The number of benzene rings is 1. The van der Waals surface area contributed by atoms with Crippen LogP contribution in [0.2, 0.25) is 5.02 Å². The van der Waals surface area contributed by atoms with Crippen molar-refractivity contribution >= 4 is 23.2 Å². The van der Waals surface area contributed by atoms with Crippen LogP contribution in [0.5, 0.6) is 0 Å². The first-order valence-electron chi connectivity index (χ1n) is 7.26. The van der Waals surface area contributed by atoms with E-state index in [1.165, 1.54) is 0 Å². The third kappa shape index (κ3) is 2.98. The molecule has 3 rings (SSSR count). The number of amides is 1. The van der Waals surface area contributed by atoms with Crippen molar-refractivity contribution in [2.45, 2.75) is 18.3 Å². The highest BCUT2D eigenvalue weighted by molar-refractivity contribution is 6.30. The summed E-state index contributed by atoms with van der Waals surface area (Å²) in [5.41, 5.74) is 1.08. The highest BCUT2D eigenvalue weighted by Crippen LogP contribution is 2.37. The average molecular weight is 317 g/mol. The Bertz CT molecular complexity index is 655. The molecule has 1 amide bonds. The molecule has 4 nitrogen and oxygen atoms in total. The Kier molecular flexibility index (Phi) is 4.41. The molecule has 0 atom stereocenters. The van der Waals surface area contributed by atoms with E-state index >= 15 is 0 Å². The second-order valence-corrected chi connectivity index (χ2v) is 5.83. The molecule has 2 aromatic rings. The summed E-state index contributed by atoms with van der Waals surface area (Å²) < 4.78 is 5.45. The molecule has 1 aromatic heterocycles. The Labute approximate surface area is 134 Å². The first kappa shape index (κ1) is 15.0. The van der Waals surface area contributed by atoms with Gasteiger partial charge in [-0.3, -0.25) is 9.78 Å². The van der Waals surface area contributed by atoms with E-state index < -0.39 is 5.41 Å². The van der Waals surface area contributed by atoms with Crippen LogP contribution in [0.4, 0.5) is 5.69 Å². The fourth-order valence-corrected chi connectivity index (χ4v) is 3.03. The fourth-order valence-electron chi connectivity index (χ4n) is 2.84. The van der Waals surface area contributed by atoms with Gasteiger partial charge in [0.1, 0.15) is 0 Å². The van der Waals surface area contributed by atoms with Gasteiger partial charge in [-0.05, 0) is 42.7 Å². The van der Waals surface area contributed by atoms with Gasteiger partial charge in [0.2, 0.25) is 5.91 Å². The molecule has 1 N–H and O–H groups in total. The Morgan fingerprint density at radius 2 is 1.91 bits per heavy atom. The lowest BCUT2D eigenvalue weighted by molar-refractivity contribution is -0.125. The number of nitrogens with one attached hydrogen (secondary N) is 1. The van der Waals surface area contributed by atoms with Crippen LogP contribution in [0.3, 0.4) is 0 Å². The average Bonchev–Trinajstić information content (AvgIpc) is 2.56. The molecular weight excluding hydrogens is 300 g/mol. The minimum atomic E-state index is -0.605. The molecule has 0 spiro atoms. The minimum absolute atomic E-state index is 0.0238. The van der Waals surface area contributed by atoms with E-state index in [0.717, 1.165) is 11.3 Å². The third-order valence-corrected chi connectivity index (χ3v) is 4.33. The normalized spacial score (nSPS) is 17.0. The molecule has 0 unspecified atom stereocenters. The molecule has 1 fully saturated rings. The van der Waals surface area contributed by atoms with Crippen LogP contribution >= 0.6 is 11.6 Å². The minimum Gasteiger partial charge on any atom is -0.381 e. The van der Waals surface area contributed by atoms with Crippen molar-refractivity contribution in [2.24, 2.45) is 0 Å². The summed E-state index contributed by atoms with van der Waals surface area (Å²) >= 11 is 6.12. The van der Waals surface area contributed by atoms with Crippen LogP contribution in [0, 0.1) is 0 Å². The number of hydrogen-bond donors (Lipinski definition) is 1. The lowest BCUT2D eigenvalue weighted by Crippen LogP contribution is -2.44. The summed E-state index contributed by atoms with van der Waals surface area (Å²) in [6, 6.07) is 11.1. The molecule has 1 aromatic carbocycles. The number of carbonyl (C=O) groups excluding carboxylic acids is 1. The largest absolute Gasteiger partial charge is 0.381 e. The van der Waals surface area contributed by atoms with Gasteiger partial charge in [-0.1, -0.05) is 23.7 Å². The van der Waals surface area contributed by atoms with Gasteiger partial charge in [-0.15, -0.1) is 0 Å². The monoisotopic (exact) mass is 316 g/mol. The van der Waals surface area contributed by atoms with Crippen LogP contribution in [0.1, 0.15) is 18.4 Å². The number of rotatable bonds is 3. The van der Waals surface area contributed by atoms with E-state index in [9.17, 15) is 4.79 Å². The second-order valence-electron chi connectivity index (χ2n) is 5.39. The molecule has 0 radical (unpaired) electrons. The molecule has 22 heavy (non-hydrogen) atoms. The Hall–Kier alpha value is -1.91. The number of nitrogens with zero attached hydrogens (tertiary/aromatic N) is 1. The summed E-state index contributed by atoms with van der Waals surface area (Å²) in [6.07, 6.45) is 4.60. The van der Waals surface area contributed by atoms with Gasteiger partial charge in [-0.2, -0.15) is 0 Å². The van der Waals surface area contributed by atoms with Crippen LogP contribution in [0.25, 0.3) is 0 Å². The Morgan fingerprint density at radius 1 is 1.18 bits per heavy atom. The number of halogens is 1. The van der Waals surface area contributed by atoms with Gasteiger partial charge >= 0.3 is 0 Å². The van der Waals surface area contributed by atoms with Crippen molar-refractivity contribution in [3.05, 3.63) is 59.4 Å². The predicted molar refractivity (Wildman–Crippen MR) is 86.0 cm³/mol. The zero-order valence-electron chi connectivity index (χ0n) is 12.1. The van der Waals surface area contributed by atoms with Gasteiger partial charge in [0, 0.05) is 36.3 Å². The number of pyridine rings is 1. The van der Waals surface area contributed by atoms with Crippen molar-refractivity contribution in [3.8, 4) is 0 Å². The van der Waals surface area contributed by atoms with Crippen LogP contribution in [0.15, 0.2) is 48.8 Å². The zero-order valence-corrected chi connectivity index (χ0v) is 12.8. The number of ether oxygens (including phenoxy) is 1. The van der Waals surface area contributed by atoms with E-state index in [1.807, 2.05) is 24.3 Å². The molecule has 0 aliphatic carbocycles. The van der Waals surface area contributed by atoms with Crippen LogP contribution in [-0.4, -0.2) is 24.1 Å². The lowest BCUT2D eigenvalue weighted by Gasteiger charge is -2.36. The van der Waals surface area contributed by atoms with E-state index in [4.69, 9.17) is 16.3 Å². The number of carbonyl (C=O) groups is 1. The first-order valence-corrected chi connectivity index (χ1v) is 7.64. The van der Waals surface area contributed by atoms with Crippen molar-refractivity contribution in [3.63, 3.8) is 0 Å². The van der Waals surface area contributed by atoms with Gasteiger partial charge in [0.15, 0.2) is 0 Å². The smallest absolute Gasteiger partial charge is 0.235 e. The molecule has 2 heterocycles. The maximum Gasteiger partial charge on any atom is 0.235 e. The van der Waals surface area contributed by atoms with Gasteiger partial charge < -0.3 is 10.1 Å². The highest BCUT2D eigenvalue weighted by Gasteiger charge is 2.41. The first-order chi connectivity index (χ1) is 10.7. The molecular formula is C17H17ClN2O2. The van der Waals surface area contributed by atoms with Crippen LogP contribution in [-0.2, 0) is 14.9 Å². The Morgan fingerprint density at radius 3 is 2.59 bits per heavy atom. The molecule has 0 saturated carbocycles. The van der Waals surface area contributed by atoms with Crippen molar-refractivity contribution in [1.29, 1.82) is 0 Å². The summed E-state index contributed by atoms with van der Waals surface area (Å²) in [6.45, 7) is 1.13. The topological polar surface area (TPSA) is 51.2 Å². The molecule has 0 bridgehead atoms. The SMILES string of the molecule is O=C(Nc1ccncc1)C1(c2cccc(Cl)c2)CCOCC1. The summed E-state index contributed by atoms with van der Waals surface area (Å²) in [5, 5.41) is 3.63. The Balaban J connectivity index is 1.93. The third-order valence-electron chi connectivity index (χ3n) is 4.10. The van der Waals surface area contributed by atoms with Crippen LogP contribution < -0.4 is 5.32 Å². The quantitative estimate of drug-likeness (QED) is 0.944. The maximum absolute atomic E-state index is 13.0. The summed E-state index contributed by atoms with van der Waals surface area (Å²) in [4.78, 5) is 16.9. The summed E-state index contributed by atoms with van der Waals surface area (Å²) in [7, 11) is 0. The zero-order chi connectivity index (χ0) is 15.4. The number of aromatic nitrogens is 1. The van der Waals surface area contributed by atoms with Crippen molar-refractivity contribution < 1.29 is 9.53 Å². The predicted octanol–water partition coefficient (Wildman–Crippen LogP) is 3.42. The van der Waals surface area contributed by atoms with E-state index in [2.05, 4.69) is 10.3 Å². The number of anilines is 1. The number of hydrogen-bond acceptors (Lipinski definition) is 3. The van der Waals surface area contributed by atoms with Crippen molar-refractivity contribution in [2.75, 3.05) is 18.5 Å². The van der Waals surface area contributed by atoms with Gasteiger partial charge in [0.05, 0.1) is 5.41 Å². The van der Waals surface area contributed by atoms with Crippen molar-refractivity contribution in [1.82, 2.24) is 4.98 Å². The molecule has 114 valence electrons. The standard InChI is InChI=1S/C17H17ClN2O2/c18-14-3-1-2-13(12-14)17(6-10-22-11-7-17)16(21)20-15-4-8-19-9-5-15/h1-5,8-9,12H,6-7,10-11H2,(H,19,20,21). The van der Waals surface area contributed by atoms with Gasteiger partial charge in [-0.25, -0.2) is 0 Å². The van der Waals surface area contributed by atoms with E-state index in [-0.39, 0.29) is 5.91 Å². The highest BCUT2D eigenvalue weighted by atomic mass is 35.5. The van der Waals surface area contributed by atoms with E-state index in [1.54, 1.807) is 24.5 Å². The van der Waals surface area contributed by atoms with E-state index in [0.29, 0.717) is 31.1 Å². The molecule has 1 saturated heterocycles. The fraction of sp³-hybridized carbons (Fsp3) is 0.294. The lowest BCUT2D eigenvalue weighted by atomic mass is 9.73. The van der Waals surface area contributed by atoms with Gasteiger partial charge in [0.25, 0.3) is 0 Å². The second kappa shape index (κ2) is 6.46. The molecule has 1 aliphatic heterocycles.